The van der Waals surface area contributed by atoms with Crippen LogP contribution in [-0.4, -0.2) is 15.0 Å². The van der Waals surface area contributed by atoms with E-state index >= 15 is 0 Å². The topological polar surface area (TPSA) is 30.7 Å². The van der Waals surface area contributed by atoms with Crippen LogP contribution in [0.5, 0.6) is 0 Å². The average Bonchev–Trinajstić information content (AvgIpc) is 2.11. The normalized spacial score (nSPS) is 17.6. The van der Waals surface area contributed by atoms with Crippen LogP contribution in [0, 0.1) is 6.85 Å². The Kier molecular flexibility index (Phi) is 0.369. The lowest BCUT2D eigenvalue weighted by atomic mass is 10.6. The van der Waals surface area contributed by atoms with Gasteiger partial charge in [-0.15, -0.1) is 5.10 Å². The summed E-state index contributed by atoms with van der Waals surface area (Å²) in [5.74, 6) is 0. The predicted octanol–water partition coefficient (Wildman–Crippen LogP) is 0.124. The molecule has 38 valence electrons. The summed E-state index contributed by atoms with van der Waals surface area (Å²) in [5, 5.41) is 6.93. The smallest absolute Gasteiger partial charge is 0.0796 e. The molecule has 0 saturated carbocycles. The first kappa shape index (κ1) is 1.94. The van der Waals surface area contributed by atoms with Crippen molar-refractivity contribution in [2.24, 2.45) is 7.05 Å². The van der Waals surface area contributed by atoms with Crippen LogP contribution < -0.4 is 0 Å². The van der Waals surface area contributed by atoms with Crippen LogP contribution in [0.15, 0.2) is 6.20 Å². The molecule has 1 rings (SSSR count). The summed E-state index contributed by atoms with van der Waals surface area (Å²) in [4.78, 5) is 0. The van der Waals surface area contributed by atoms with Gasteiger partial charge in [-0.1, -0.05) is 5.21 Å². The van der Waals surface area contributed by atoms with Crippen molar-refractivity contribution in [3.05, 3.63) is 11.9 Å². The molecular weight excluding hydrogens is 90.1 g/mol. The monoisotopic (exact) mass is 100 g/mol. The van der Waals surface area contributed by atoms with Gasteiger partial charge in [0.2, 0.25) is 0 Å². The average molecular weight is 100 g/mol. The maximum absolute atomic E-state index is 6.90. The summed E-state index contributed by atoms with van der Waals surface area (Å²) < 4.78 is 22.1. The van der Waals surface area contributed by atoms with Gasteiger partial charge in [0.25, 0.3) is 0 Å². The summed E-state index contributed by atoms with van der Waals surface area (Å²) in [6.45, 7) is -2.13. The highest BCUT2D eigenvalue weighted by atomic mass is 15.4. The summed E-state index contributed by atoms with van der Waals surface area (Å²) >= 11 is 0. The highest BCUT2D eigenvalue weighted by Gasteiger charge is 1.83. The van der Waals surface area contributed by atoms with Gasteiger partial charge in [-0.25, -0.2) is 0 Å². The Hall–Kier alpha value is -0.860. The van der Waals surface area contributed by atoms with Gasteiger partial charge in [-0.3, -0.25) is 4.68 Å². The predicted molar refractivity (Wildman–Crippen MR) is 25.7 cm³/mol. The number of hydrogen-bond acceptors (Lipinski definition) is 2. The molecule has 0 bridgehead atoms. The molecule has 0 fully saturated rings. The fourth-order valence-electron chi connectivity index (χ4n) is 0.347. The molecule has 3 heteroatoms. The Morgan fingerprint density at radius 3 is 3.14 bits per heavy atom. The van der Waals surface area contributed by atoms with E-state index in [9.17, 15) is 0 Å². The largest absolute Gasteiger partial charge is 0.255 e. The van der Waals surface area contributed by atoms with E-state index in [1.165, 1.54) is 10.9 Å². The zero-order valence-corrected chi connectivity index (χ0v) is 3.92. The van der Waals surface area contributed by atoms with Crippen LogP contribution >= 0.6 is 0 Å². The van der Waals surface area contributed by atoms with Gasteiger partial charge in [0.1, 0.15) is 0 Å². The molecule has 1 aromatic rings. The Labute approximate surface area is 46.2 Å². The van der Waals surface area contributed by atoms with E-state index in [0.29, 0.717) is 0 Å². The molecule has 0 unspecified atom stereocenters. The molecule has 1 aromatic heterocycles. The second-order valence-electron chi connectivity index (χ2n) is 1.28. The molecule has 0 aromatic carbocycles. The van der Waals surface area contributed by atoms with E-state index in [2.05, 4.69) is 10.3 Å². The van der Waals surface area contributed by atoms with Crippen molar-refractivity contribution in [3.63, 3.8) is 0 Å². The third kappa shape index (κ3) is 0.765. The molecule has 0 aliphatic heterocycles. The van der Waals surface area contributed by atoms with E-state index in [0.717, 1.165) is 0 Å². The molecule has 0 aliphatic carbocycles. The lowest BCUT2D eigenvalue weighted by Crippen LogP contribution is -1.85. The maximum atomic E-state index is 6.90. The molecule has 0 amide bonds. The lowest BCUT2D eigenvalue weighted by Gasteiger charge is -1.75. The summed E-state index contributed by atoms with van der Waals surface area (Å²) in [5.41, 5.74) is 0.0370. The molecule has 0 spiro atoms. The second kappa shape index (κ2) is 1.33. The van der Waals surface area contributed by atoms with Crippen LogP contribution in [-0.2, 0) is 7.05 Å². The van der Waals surface area contributed by atoms with Gasteiger partial charge in [-0.05, 0) is 6.85 Å². The minimum atomic E-state index is -2.13. The Bertz CT molecular complexity index is 226. The SMILES string of the molecule is [2H]C([2H])([2H])c1cn(C)nn1. The molecule has 0 N–H and O–H groups in total. The van der Waals surface area contributed by atoms with Gasteiger partial charge >= 0.3 is 0 Å². The van der Waals surface area contributed by atoms with Crippen molar-refractivity contribution >= 4 is 0 Å². The zero-order valence-electron chi connectivity index (χ0n) is 6.92. The van der Waals surface area contributed by atoms with Gasteiger partial charge in [0.05, 0.1) is 5.69 Å². The lowest BCUT2D eigenvalue weighted by molar-refractivity contribution is 0.714. The summed E-state index contributed by atoms with van der Waals surface area (Å²) in [6.07, 6.45) is 1.38. The summed E-state index contributed by atoms with van der Waals surface area (Å²) in [6, 6.07) is 0. The van der Waals surface area contributed by atoms with E-state index < -0.39 is 6.85 Å². The van der Waals surface area contributed by atoms with E-state index in [1.807, 2.05) is 0 Å². The number of aromatic nitrogens is 3. The van der Waals surface area contributed by atoms with Crippen LogP contribution in [0.3, 0.4) is 0 Å². The second-order valence-corrected chi connectivity index (χ2v) is 1.28. The number of aryl methyl sites for hydroxylation is 2. The van der Waals surface area contributed by atoms with Crippen LogP contribution in [0.1, 0.15) is 9.81 Å². The fourth-order valence-corrected chi connectivity index (χ4v) is 0.347. The molecule has 3 nitrogen and oxygen atoms in total. The van der Waals surface area contributed by atoms with Crippen molar-refractivity contribution < 1.29 is 4.11 Å². The van der Waals surface area contributed by atoms with Gasteiger partial charge in [0.15, 0.2) is 0 Å². The third-order valence-corrected chi connectivity index (χ3v) is 0.603. The first-order valence-corrected chi connectivity index (χ1v) is 1.87. The fraction of sp³-hybridized carbons (Fsp3) is 0.500. The molecule has 0 atom stereocenters. The van der Waals surface area contributed by atoms with E-state index in [-0.39, 0.29) is 5.69 Å². The first-order valence-electron chi connectivity index (χ1n) is 3.37. The molecular formula is C4H7N3. The van der Waals surface area contributed by atoms with E-state index in [4.69, 9.17) is 4.11 Å². The maximum Gasteiger partial charge on any atom is 0.0796 e. The van der Waals surface area contributed by atoms with Crippen molar-refractivity contribution in [3.8, 4) is 0 Å². The minimum Gasteiger partial charge on any atom is -0.255 e. The quantitative estimate of drug-likeness (QED) is 0.463. The third-order valence-electron chi connectivity index (χ3n) is 0.603. The van der Waals surface area contributed by atoms with Crippen molar-refractivity contribution in [2.45, 2.75) is 6.85 Å². The minimum absolute atomic E-state index is 0.0370. The van der Waals surface area contributed by atoms with E-state index in [1.54, 1.807) is 7.05 Å². The first-order chi connectivity index (χ1) is 4.50. The van der Waals surface area contributed by atoms with Gasteiger partial charge in [0, 0.05) is 17.4 Å². The van der Waals surface area contributed by atoms with Crippen molar-refractivity contribution in [1.82, 2.24) is 15.0 Å². The molecule has 7 heavy (non-hydrogen) atoms. The van der Waals surface area contributed by atoms with Crippen LogP contribution in [0.25, 0.3) is 0 Å². The van der Waals surface area contributed by atoms with Crippen LogP contribution in [0.4, 0.5) is 0 Å². The molecule has 0 aliphatic rings. The molecule has 0 saturated heterocycles. The highest BCUT2D eigenvalue weighted by Crippen LogP contribution is 1.82. The Morgan fingerprint density at radius 1 is 2.00 bits per heavy atom. The standard InChI is InChI=1S/C4H7N3/c1-4-3-7(2)6-5-4/h3H,1-2H3/i1D3. The molecule has 0 radical (unpaired) electrons. The highest BCUT2D eigenvalue weighted by molar-refractivity contribution is 4.85. The number of hydrogen-bond donors (Lipinski definition) is 0. The van der Waals surface area contributed by atoms with Crippen LogP contribution in [0.2, 0.25) is 0 Å². The Balaban J connectivity index is 2.96. The Morgan fingerprint density at radius 2 is 2.86 bits per heavy atom. The van der Waals surface area contributed by atoms with Gasteiger partial charge in [-0.2, -0.15) is 0 Å². The number of rotatable bonds is 0. The van der Waals surface area contributed by atoms with Crippen molar-refractivity contribution in [1.29, 1.82) is 0 Å². The molecule has 1 heterocycles. The van der Waals surface area contributed by atoms with Gasteiger partial charge < -0.3 is 0 Å². The van der Waals surface area contributed by atoms with Crippen molar-refractivity contribution in [2.75, 3.05) is 0 Å². The number of nitrogens with zero attached hydrogens (tertiary/aromatic N) is 3. The summed E-state index contributed by atoms with van der Waals surface area (Å²) in [7, 11) is 1.63. The zero-order chi connectivity index (χ0) is 7.78.